The van der Waals surface area contributed by atoms with Gasteiger partial charge in [-0.15, -0.1) is 0 Å². The van der Waals surface area contributed by atoms with Gasteiger partial charge in [0, 0.05) is 18.8 Å². The van der Waals surface area contributed by atoms with Crippen molar-refractivity contribution in [1.29, 1.82) is 0 Å². The van der Waals surface area contributed by atoms with Crippen LogP contribution in [0.15, 0.2) is 48.5 Å². The van der Waals surface area contributed by atoms with Gasteiger partial charge in [-0.25, -0.2) is 0 Å². The first kappa shape index (κ1) is 14.5. The molecule has 0 aliphatic carbocycles. The molecule has 0 bridgehead atoms. The summed E-state index contributed by atoms with van der Waals surface area (Å²) in [5.41, 5.74) is 2.32. The van der Waals surface area contributed by atoms with Gasteiger partial charge < -0.3 is 19.1 Å². The van der Waals surface area contributed by atoms with Crippen LogP contribution in [0.1, 0.15) is 5.56 Å². The molecule has 4 nitrogen and oxygen atoms in total. The monoisotopic (exact) mass is 311 g/mol. The van der Waals surface area contributed by atoms with E-state index < -0.39 is 0 Å². The van der Waals surface area contributed by atoms with Crippen LogP contribution in [0.4, 0.5) is 5.69 Å². The number of hydrogen-bond donors (Lipinski definition) is 0. The Morgan fingerprint density at radius 2 is 1.57 bits per heavy atom. The van der Waals surface area contributed by atoms with Gasteiger partial charge in [-0.2, -0.15) is 0 Å². The summed E-state index contributed by atoms with van der Waals surface area (Å²) in [6.07, 6.45) is 0.744. The quantitative estimate of drug-likeness (QED) is 0.735. The van der Waals surface area contributed by atoms with E-state index in [4.69, 9.17) is 14.2 Å². The van der Waals surface area contributed by atoms with E-state index in [9.17, 15) is 0 Å². The SMILES string of the molecule is Cc1ccccc1Oc1ccc(N(CC2CO2)CC2CO2)cc1. The third-order valence-electron chi connectivity index (χ3n) is 4.18. The molecule has 0 aromatic heterocycles. The lowest BCUT2D eigenvalue weighted by Gasteiger charge is -2.23. The molecule has 120 valence electrons. The van der Waals surface area contributed by atoms with Gasteiger partial charge in [0.25, 0.3) is 0 Å². The summed E-state index contributed by atoms with van der Waals surface area (Å²) in [5, 5.41) is 0. The van der Waals surface area contributed by atoms with E-state index in [1.807, 2.05) is 30.3 Å². The molecule has 2 aliphatic heterocycles. The summed E-state index contributed by atoms with van der Waals surface area (Å²) in [5.74, 6) is 1.75. The molecule has 2 atom stereocenters. The van der Waals surface area contributed by atoms with Crippen LogP contribution in [0.3, 0.4) is 0 Å². The first-order valence-corrected chi connectivity index (χ1v) is 8.09. The number of ether oxygens (including phenoxy) is 3. The highest BCUT2D eigenvalue weighted by Crippen LogP contribution is 2.28. The minimum Gasteiger partial charge on any atom is -0.457 e. The molecule has 2 saturated heterocycles. The number of para-hydroxylation sites is 1. The maximum atomic E-state index is 5.96. The first-order chi connectivity index (χ1) is 11.3. The van der Waals surface area contributed by atoms with E-state index in [0.29, 0.717) is 12.2 Å². The molecule has 0 spiro atoms. The number of hydrogen-bond acceptors (Lipinski definition) is 4. The van der Waals surface area contributed by atoms with Crippen molar-refractivity contribution in [3.63, 3.8) is 0 Å². The van der Waals surface area contributed by atoms with Gasteiger partial charge in [0.1, 0.15) is 11.5 Å². The zero-order valence-electron chi connectivity index (χ0n) is 13.3. The van der Waals surface area contributed by atoms with Crippen LogP contribution in [0, 0.1) is 6.92 Å². The van der Waals surface area contributed by atoms with E-state index in [0.717, 1.165) is 43.4 Å². The zero-order chi connectivity index (χ0) is 15.6. The first-order valence-electron chi connectivity index (χ1n) is 8.09. The largest absolute Gasteiger partial charge is 0.457 e. The summed E-state index contributed by atoms with van der Waals surface area (Å²) >= 11 is 0. The highest BCUT2D eigenvalue weighted by molar-refractivity contribution is 5.50. The summed E-state index contributed by atoms with van der Waals surface area (Å²) < 4.78 is 16.7. The average molecular weight is 311 g/mol. The third kappa shape index (κ3) is 3.84. The Balaban J connectivity index is 1.46. The second-order valence-corrected chi connectivity index (χ2v) is 6.18. The second kappa shape index (κ2) is 6.22. The van der Waals surface area contributed by atoms with Crippen LogP contribution in [-0.4, -0.2) is 38.5 Å². The van der Waals surface area contributed by atoms with Gasteiger partial charge >= 0.3 is 0 Å². The molecule has 2 aliphatic rings. The standard InChI is InChI=1S/C19H21NO3/c1-14-4-2-3-5-19(14)23-16-8-6-15(7-9-16)20(10-17-12-21-17)11-18-13-22-18/h2-9,17-18H,10-13H2,1H3. The topological polar surface area (TPSA) is 37.5 Å². The lowest BCUT2D eigenvalue weighted by Crippen LogP contribution is -2.31. The number of epoxide rings is 2. The number of benzene rings is 2. The Morgan fingerprint density at radius 3 is 2.13 bits per heavy atom. The van der Waals surface area contributed by atoms with Crippen molar-refractivity contribution < 1.29 is 14.2 Å². The molecule has 2 fully saturated rings. The van der Waals surface area contributed by atoms with Crippen molar-refractivity contribution in [3.05, 3.63) is 54.1 Å². The van der Waals surface area contributed by atoms with Crippen LogP contribution in [0.2, 0.25) is 0 Å². The van der Waals surface area contributed by atoms with Gasteiger partial charge in [0.2, 0.25) is 0 Å². The molecule has 0 radical (unpaired) electrons. The number of rotatable bonds is 7. The summed E-state index contributed by atoms with van der Waals surface area (Å²) in [6, 6.07) is 16.3. The summed E-state index contributed by atoms with van der Waals surface area (Å²) in [6.45, 7) is 5.65. The molecule has 0 N–H and O–H groups in total. The van der Waals surface area contributed by atoms with E-state index >= 15 is 0 Å². The molecular weight excluding hydrogens is 290 g/mol. The van der Waals surface area contributed by atoms with Gasteiger partial charge in [-0.1, -0.05) is 18.2 Å². The zero-order valence-corrected chi connectivity index (χ0v) is 13.3. The van der Waals surface area contributed by atoms with Crippen LogP contribution >= 0.6 is 0 Å². The molecular formula is C19H21NO3. The fraction of sp³-hybridized carbons (Fsp3) is 0.368. The Hall–Kier alpha value is -2.04. The third-order valence-corrected chi connectivity index (χ3v) is 4.18. The predicted molar refractivity (Wildman–Crippen MR) is 89.4 cm³/mol. The molecule has 4 rings (SSSR count). The minimum absolute atomic E-state index is 0.372. The van der Waals surface area contributed by atoms with E-state index in [2.05, 4.69) is 30.0 Å². The smallest absolute Gasteiger partial charge is 0.130 e. The van der Waals surface area contributed by atoms with Crippen molar-refractivity contribution in [2.75, 3.05) is 31.2 Å². The summed E-state index contributed by atoms with van der Waals surface area (Å²) in [4.78, 5) is 2.34. The van der Waals surface area contributed by atoms with E-state index in [1.165, 1.54) is 5.69 Å². The van der Waals surface area contributed by atoms with Crippen LogP contribution in [0.25, 0.3) is 0 Å². The van der Waals surface area contributed by atoms with Crippen LogP contribution < -0.4 is 9.64 Å². The van der Waals surface area contributed by atoms with Crippen LogP contribution in [-0.2, 0) is 9.47 Å². The number of nitrogens with zero attached hydrogens (tertiary/aromatic N) is 1. The number of anilines is 1. The normalized spacial score (nSPS) is 21.8. The molecule has 2 heterocycles. The van der Waals surface area contributed by atoms with Gasteiger partial charge in [0.15, 0.2) is 0 Å². The van der Waals surface area contributed by atoms with Crippen LogP contribution in [0.5, 0.6) is 11.5 Å². The lowest BCUT2D eigenvalue weighted by molar-refractivity contribution is 0.389. The molecule has 23 heavy (non-hydrogen) atoms. The minimum atomic E-state index is 0.372. The van der Waals surface area contributed by atoms with Crippen molar-refractivity contribution in [2.24, 2.45) is 0 Å². The van der Waals surface area contributed by atoms with Crippen molar-refractivity contribution in [3.8, 4) is 11.5 Å². The van der Waals surface area contributed by atoms with Gasteiger partial charge in [-0.3, -0.25) is 0 Å². The second-order valence-electron chi connectivity index (χ2n) is 6.18. The Morgan fingerprint density at radius 1 is 0.957 bits per heavy atom. The molecule has 2 unspecified atom stereocenters. The maximum Gasteiger partial charge on any atom is 0.130 e. The molecule has 2 aromatic carbocycles. The van der Waals surface area contributed by atoms with Gasteiger partial charge in [-0.05, 0) is 42.8 Å². The Bertz CT molecular complexity index is 649. The predicted octanol–water partition coefficient (Wildman–Crippen LogP) is 3.39. The molecule has 4 heteroatoms. The lowest BCUT2D eigenvalue weighted by atomic mass is 10.2. The molecule has 2 aromatic rings. The maximum absolute atomic E-state index is 5.96. The van der Waals surface area contributed by atoms with E-state index in [1.54, 1.807) is 0 Å². The Labute approximate surface area is 136 Å². The Kier molecular flexibility index (Phi) is 3.93. The average Bonchev–Trinajstić information content (AvgIpc) is 3.46. The fourth-order valence-corrected chi connectivity index (χ4v) is 2.65. The highest BCUT2D eigenvalue weighted by atomic mass is 16.6. The fourth-order valence-electron chi connectivity index (χ4n) is 2.65. The summed E-state index contributed by atoms with van der Waals surface area (Å²) in [7, 11) is 0. The van der Waals surface area contributed by atoms with Crippen molar-refractivity contribution in [2.45, 2.75) is 19.1 Å². The van der Waals surface area contributed by atoms with Crippen molar-refractivity contribution in [1.82, 2.24) is 0 Å². The molecule has 0 amide bonds. The van der Waals surface area contributed by atoms with Crippen molar-refractivity contribution >= 4 is 5.69 Å². The van der Waals surface area contributed by atoms with Gasteiger partial charge in [0.05, 0.1) is 25.4 Å². The number of aryl methyl sites for hydroxylation is 1. The molecule has 0 saturated carbocycles. The highest BCUT2D eigenvalue weighted by Gasteiger charge is 2.30. The van der Waals surface area contributed by atoms with E-state index in [-0.39, 0.29) is 0 Å².